The molecule has 0 saturated heterocycles. The number of hydrogen-bond acceptors (Lipinski definition) is 3. The molecule has 4 heteroatoms. The van der Waals surface area contributed by atoms with Gasteiger partial charge in [0.1, 0.15) is 0 Å². The van der Waals surface area contributed by atoms with Crippen molar-refractivity contribution in [2.75, 3.05) is 19.7 Å². The van der Waals surface area contributed by atoms with Crippen LogP contribution in [0.5, 0.6) is 0 Å². The van der Waals surface area contributed by atoms with E-state index in [0.29, 0.717) is 25.8 Å². The molecule has 4 nitrogen and oxygen atoms in total. The molecule has 0 spiro atoms. The number of hydrogen-bond donors (Lipinski definition) is 2. The van der Waals surface area contributed by atoms with Gasteiger partial charge in [0, 0.05) is 13.1 Å². The molecule has 2 fully saturated rings. The first-order chi connectivity index (χ1) is 8.27. The molecule has 2 aliphatic carbocycles. The SMILES string of the molecule is NCC1(C(=O)NCCOC2CCCCC2)CC1. The zero-order valence-corrected chi connectivity index (χ0v) is 10.5. The van der Waals surface area contributed by atoms with E-state index in [4.69, 9.17) is 10.5 Å². The molecule has 0 aromatic rings. The summed E-state index contributed by atoms with van der Waals surface area (Å²) in [6, 6.07) is 0. The van der Waals surface area contributed by atoms with E-state index < -0.39 is 0 Å². The lowest BCUT2D eigenvalue weighted by molar-refractivity contribution is -0.126. The second-order valence-electron chi connectivity index (χ2n) is 5.37. The Labute approximate surface area is 103 Å². The van der Waals surface area contributed by atoms with Crippen LogP contribution in [0.25, 0.3) is 0 Å². The van der Waals surface area contributed by atoms with E-state index in [1.165, 1.54) is 32.1 Å². The fraction of sp³-hybridized carbons (Fsp3) is 0.923. The Bertz CT molecular complexity index is 258. The molecule has 3 N–H and O–H groups in total. The van der Waals surface area contributed by atoms with Gasteiger partial charge in [0.25, 0.3) is 0 Å². The summed E-state index contributed by atoms with van der Waals surface area (Å²) in [5.74, 6) is 0.118. The van der Waals surface area contributed by atoms with Gasteiger partial charge in [-0.1, -0.05) is 19.3 Å². The fourth-order valence-corrected chi connectivity index (χ4v) is 2.48. The number of carbonyl (C=O) groups excluding carboxylic acids is 1. The predicted molar refractivity (Wildman–Crippen MR) is 66.6 cm³/mol. The van der Waals surface area contributed by atoms with Crippen LogP contribution in [0.2, 0.25) is 0 Å². The zero-order valence-electron chi connectivity index (χ0n) is 10.5. The molecule has 2 saturated carbocycles. The Kier molecular flexibility index (Phi) is 4.40. The Morgan fingerprint density at radius 3 is 2.59 bits per heavy atom. The van der Waals surface area contributed by atoms with E-state index in [1.54, 1.807) is 0 Å². The van der Waals surface area contributed by atoms with E-state index in [-0.39, 0.29) is 11.3 Å². The largest absolute Gasteiger partial charge is 0.376 e. The normalized spacial score (nSPS) is 23.4. The molecule has 98 valence electrons. The van der Waals surface area contributed by atoms with E-state index in [0.717, 1.165) is 12.8 Å². The van der Waals surface area contributed by atoms with Gasteiger partial charge in [0.05, 0.1) is 18.1 Å². The average Bonchev–Trinajstić information content (AvgIpc) is 3.17. The van der Waals surface area contributed by atoms with E-state index in [9.17, 15) is 4.79 Å². The van der Waals surface area contributed by atoms with E-state index >= 15 is 0 Å². The fourth-order valence-electron chi connectivity index (χ4n) is 2.48. The second-order valence-corrected chi connectivity index (χ2v) is 5.37. The first-order valence-corrected chi connectivity index (χ1v) is 6.87. The van der Waals surface area contributed by atoms with Gasteiger partial charge in [-0.15, -0.1) is 0 Å². The highest BCUT2D eigenvalue weighted by molar-refractivity contribution is 5.85. The van der Waals surface area contributed by atoms with E-state index in [1.807, 2.05) is 0 Å². The molecular weight excluding hydrogens is 216 g/mol. The summed E-state index contributed by atoms with van der Waals surface area (Å²) in [4.78, 5) is 11.8. The predicted octanol–water partition coefficient (Wildman–Crippen LogP) is 1.19. The van der Waals surface area contributed by atoms with E-state index in [2.05, 4.69) is 5.32 Å². The lowest BCUT2D eigenvalue weighted by Gasteiger charge is -2.22. The van der Waals surface area contributed by atoms with Gasteiger partial charge in [0.15, 0.2) is 0 Å². The van der Waals surface area contributed by atoms with Crippen molar-refractivity contribution in [3.05, 3.63) is 0 Å². The van der Waals surface area contributed by atoms with Crippen LogP contribution in [0.3, 0.4) is 0 Å². The van der Waals surface area contributed by atoms with Gasteiger partial charge in [-0.2, -0.15) is 0 Å². The third kappa shape index (κ3) is 3.42. The monoisotopic (exact) mass is 240 g/mol. The van der Waals surface area contributed by atoms with Crippen molar-refractivity contribution in [1.82, 2.24) is 5.32 Å². The Morgan fingerprint density at radius 1 is 1.29 bits per heavy atom. The van der Waals surface area contributed by atoms with Crippen molar-refractivity contribution < 1.29 is 9.53 Å². The van der Waals surface area contributed by atoms with Gasteiger partial charge < -0.3 is 15.8 Å². The quantitative estimate of drug-likeness (QED) is 0.685. The number of nitrogens with one attached hydrogen (secondary N) is 1. The Balaban J connectivity index is 1.55. The van der Waals surface area contributed by atoms with Crippen LogP contribution in [0.15, 0.2) is 0 Å². The molecule has 17 heavy (non-hydrogen) atoms. The maximum atomic E-state index is 11.8. The van der Waals surface area contributed by atoms with Crippen LogP contribution in [-0.2, 0) is 9.53 Å². The Morgan fingerprint density at radius 2 is 2.00 bits per heavy atom. The number of rotatable bonds is 6. The van der Waals surface area contributed by atoms with Crippen molar-refractivity contribution in [2.24, 2.45) is 11.1 Å². The van der Waals surface area contributed by atoms with Crippen LogP contribution < -0.4 is 11.1 Å². The Hall–Kier alpha value is -0.610. The minimum absolute atomic E-state index is 0.118. The number of ether oxygens (including phenoxy) is 1. The topological polar surface area (TPSA) is 64.4 Å². The summed E-state index contributed by atoms with van der Waals surface area (Å²) < 4.78 is 5.75. The molecule has 0 bridgehead atoms. The molecule has 0 atom stereocenters. The molecule has 0 radical (unpaired) electrons. The van der Waals surface area contributed by atoms with Crippen molar-refractivity contribution in [3.8, 4) is 0 Å². The van der Waals surface area contributed by atoms with Crippen molar-refractivity contribution in [2.45, 2.75) is 51.0 Å². The molecule has 0 unspecified atom stereocenters. The van der Waals surface area contributed by atoms with Gasteiger partial charge in [-0.05, 0) is 25.7 Å². The number of nitrogens with two attached hydrogens (primary N) is 1. The summed E-state index contributed by atoms with van der Waals surface area (Å²) >= 11 is 0. The maximum absolute atomic E-state index is 11.8. The third-order valence-electron chi connectivity index (χ3n) is 4.02. The van der Waals surface area contributed by atoms with Crippen LogP contribution in [0, 0.1) is 5.41 Å². The highest BCUT2D eigenvalue weighted by Gasteiger charge is 2.48. The maximum Gasteiger partial charge on any atom is 0.227 e. The van der Waals surface area contributed by atoms with Gasteiger partial charge in [0.2, 0.25) is 5.91 Å². The summed E-state index contributed by atoms with van der Waals surface area (Å²) in [7, 11) is 0. The molecule has 0 heterocycles. The highest BCUT2D eigenvalue weighted by Crippen LogP contribution is 2.44. The standard InChI is InChI=1S/C13H24N2O2/c14-10-13(6-7-13)12(16)15-8-9-17-11-4-2-1-3-5-11/h11H,1-10,14H2,(H,15,16). The summed E-state index contributed by atoms with van der Waals surface area (Å²) in [6.45, 7) is 1.73. The van der Waals surface area contributed by atoms with Crippen molar-refractivity contribution in [3.63, 3.8) is 0 Å². The third-order valence-corrected chi connectivity index (χ3v) is 4.02. The summed E-state index contributed by atoms with van der Waals surface area (Å²) in [5, 5.41) is 2.93. The number of carbonyl (C=O) groups is 1. The first kappa shape index (κ1) is 12.8. The molecule has 0 aromatic carbocycles. The minimum atomic E-state index is -0.231. The van der Waals surface area contributed by atoms with Crippen LogP contribution in [-0.4, -0.2) is 31.7 Å². The van der Waals surface area contributed by atoms with Gasteiger partial charge >= 0.3 is 0 Å². The molecule has 0 aromatic heterocycles. The first-order valence-electron chi connectivity index (χ1n) is 6.87. The lowest BCUT2D eigenvalue weighted by Crippen LogP contribution is -2.38. The second kappa shape index (κ2) is 5.83. The highest BCUT2D eigenvalue weighted by atomic mass is 16.5. The average molecular weight is 240 g/mol. The van der Waals surface area contributed by atoms with Crippen molar-refractivity contribution >= 4 is 5.91 Å². The minimum Gasteiger partial charge on any atom is -0.376 e. The molecular formula is C13H24N2O2. The zero-order chi connectivity index (χ0) is 12.1. The van der Waals surface area contributed by atoms with Crippen molar-refractivity contribution in [1.29, 1.82) is 0 Å². The van der Waals surface area contributed by atoms with Gasteiger partial charge in [-0.25, -0.2) is 0 Å². The number of amides is 1. The summed E-state index contributed by atoms with van der Waals surface area (Å²) in [5.41, 5.74) is 5.37. The molecule has 2 aliphatic rings. The summed E-state index contributed by atoms with van der Waals surface area (Å²) in [6.07, 6.45) is 8.58. The van der Waals surface area contributed by atoms with Crippen LogP contribution in [0.1, 0.15) is 44.9 Å². The molecule has 0 aliphatic heterocycles. The molecule has 2 rings (SSSR count). The lowest BCUT2D eigenvalue weighted by atomic mass is 9.98. The van der Waals surface area contributed by atoms with Crippen LogP contribution in [0.4, 0.5) is 0 Å². The molecule has 1 amide bonds. The smallest absolute Gasteiger partial charge is 0.227 e. The van der Waals surface area contributed by atoms with Crippen LogP contribution >= 0.6 is 0 Å². The van der Waals surface area contributed by atoms with Gasteiger partial charge in [-0.3, -0.25) is 4.79 Å².